The Labute approximate surface area is 151 Å². The first-order valence-corrected chi connectivity index (χ1v) is 7.91. The number of alkyl halides is 3. The van der Waals surface area contributed by atoms with E-state index in [4.69, 9.17) is 9.47 Å². The van der Waals surface area contributed by atoms with Crippen molar-refractivity contribution in [1.29, 1.82) is 0 Å². The SMILES string of the molecule is COc1cc(NC(C(=O)C(F)(F)F)c2ccccc2)c(Br)c(OC)c1. The first-order chi connectivity index (χ1) is 11.8. The monoisotopic (exact) mass is 417 g/mol. The normalized spacial score (nSPS) is 12.4. The van der Waals surface area contributed by atoms with Gasteiger partial charge in [-0.25, -0.2) is 0 Å². The molecule has 1 unspecified atom stereocenters. The number of ketones is 1. The Morgan fingerprint density at radius 2 is 1.76 bits per heavy atom. The van der Waals surface area contributed by atoms with Crippen LogP contribution in [0.1, 0.15) is 11.6 Å². The third kappa shape index (κ3) is 4.45. The van der Waals surface area contributed by atoms with Crippen LogP contribution in [0.4, 0.5) is 18.9 Å². The van der Waals surface area contributed by atoms with Crippen LogP contribution in [0.15, 0.2) is 46.9 Å². The molecule has 2 rings (SSSR count). The van der Waals surface area contributed by atoms with Crippen LogP contribution in [-0.2, 0) is 4.79 Å². The van der Waals surface area contributed by atoms with E-state index in [1.807, 2.05) is 0 Å². The van der Waals surface area contributed by atoms with Gasteiger partial charge in [-0.1, -0.05) is 30.3 Å². The van der Waals surface area contributed by atoms with Gasteiger partial charge in [-0.15, -0.1) is 0 Å². The van der Waals surface area contributed by atoms with Gasteiger partial charge in [-0.3, -0.25) is 4.79 Å². The second-order valence-electron chi connectivity index (χ2n) is 5.04. The number of hydrogen-bond acceptors (Lipinski definition) is 4. The molecule has 0 aromatic heterocycles. The molecule has 134 valence electrons. The fraction of sp³-hybridized carbons (Fsp3) is 0.235. The number of rotatable bonds is 6. The van der Waals surface area contributed by atoms with Crippen LogP contribution in [0.2, 0.25) is 0 Å². The van der Waals surface area contributed by atoms with E-state index in [-0.39, 0.29) is 11.3 Å². The molecule has 0 heterocycles. The third-order valence-corrected chi connectivity index (χ3v) is 4.26. The summed E-state index contributed by atoms with van der Waals surface area (Å²) < 4.78 is 49.8. The summed E-state index contributed by atoms with van der Waals surface area (Å²) in [7, 11) is 2.83. The second kappa shape index (κ2) is 7.77. The van der Waals surface area contributed by atoms with Crippen molar-refractivity contribution in [3.63, 3.8) is 0 Å². The zero-order valence-electron chi connectivity index (χ0n) is 13.4. The molecule has 1 N–H and O–H groups in total. The summed E-state index contributed by atoms with van der Waals surface area (Å²) in [5.74, 6) is -1.17. The zero-order chi connectivity index (χ0) is 18.6. The van der Waals surface area contributed by atoms with Crippen molar-refractivity contribution in [3.8, 4) is 11.5 Å². The Morgan fingerprint density at radius 3 is 2.28 bits per heavy atom. The topological polar surface area (TPSA) is 47.6 Å². The van der Waals surface area contributed by atoms with Crippen molar-refractivity contribution in [1.82, 2.24) is 0 Å². The summed E-state index contributed by atoms with van der Waals surface area (Å²) >= 11 is 3.27. The van der Waals surface area contributed by atoms with Crippen molar-refractivity contribution in [3.05, 3.63) is 52.5 Å². The molecule has 0 aliphatic rings. The van der Waals surface area contributed by atoms with Crippen LogP contribution >= 0.6 is 15.9 Å². The zero-order valence-corrected chi connectivity index (χ0v) is 14.9. The lowest BCUT2D eigenvalue weighted by Gasteiger charge is -2.22. The molecule has 25 heavy (non-hydrogen) atoms. The number of nitrogens with one attached hydrogen (secondary N) is 1. The van der Waals surface area contributed by atoms with E-state index in [1.165, 1.54) is 32.4 Å². The molecule has 0 bridgehead atoms. The predicted molar refractivity (Wildman–Crippen MR) is 91.1 cm³/mol. The lowest BCUT2D eigenvalue weighted by atomic mass is 10.0. The summed E-state index contributed by atoms with van der Waals surface area (Å²) in [6.45, 7) is 0. The van der Waals surface area contributed by atoms with E-state index in [0.29, 0.717) is 16.0 Å². The molecule has 8 heteroatoms. The van der Waals surface area contributed by atoms with Crippen LogP contribution in [0.5, 0.6) is 11.5 Å². The van der Waals surface area contributed by atoms with Crippen LogP contribution in [0.25, 0.3) is 0 Å². The molecule has 0 radical (unpaired) electrons. The molecule has 0 fully saturated rings. The number of carbonyl (C=O) groups is 1. The van der Waals surface area contributed by atoms with Crippen molar-refractivity contribution in [2.24, 2.45) is 0 Å². The molecule has 2 aromatic carbocycles. The van der Waals surface area contributed by atoms with Crippen molar-refractivity contribution in [2.75, 3.05) is 19.5 Å². The summed E-state index contributed by atoms with van der Waals surface area (Å²) in [4.78, 5) is 11.9. The van der Waals surface area contributed by atoms with Gasteiger partial charge < -0.3 is 14.8 Å². The van der Waals surface area contributed by atoms with Gasteiger partial charge in [0.1, 0.15) is 17.5 Å². The van der Waals surface area contributed by atoms with Gasteiger partial charge in [0.25, 0.3) is 5.78 Å². The van der Waals surface area contributed by atoms with Crippen LogP contribution < -0.4 is 14.8 Å². The fourth-order valence-electron chi connectivity index (χ4n) is 2.21. The van der Waals surface area contributed by atoms with Crippen molar-refractivity contribution in [2.45, 2.75) is 12.2 Å². The molecular weight excluding hydrogens is 403 g/mol. The average molecular weight is 418 g/mol. The molecule has 0 amide bonds. The smallest absolute Gasteiger partial charge is 0.452 e. The van der Waals surface area contributed by atoms with Gasteiger partial charge >= 0.3 is 6.18 Å². The average Bonchev–Trinajstić information content (AvgIpc) is 2.60. The Morgan fingerprint density at radius 1 is 1.12 bits per heavy atom. The summed E-state index contributed by atoms with van der Waals surface area (Å²) in [6.07, 6.45) is -4.98. The standard InChI is InChI=1S/C17H15BrF3NO3/c1-24-11-8-12(14(18)13(9-11)25-2)22-15(16(23)17(19,20)21)10-6-4-3-5-7-10/h3-9,15,22H,1-2H3. The molecule has 0 saturated heterocycles. The molecule has 0 aliphatic carbocycles. The minimum atomic E-state index is -4.98. The van der Waals surface area contributed by atoms with Gasteiger partial charge in [0.15, 0.2) is 0 Å². The largest absolute Gasteiger partial charge is 0.497 e. The number of halogens is 4. The third-order valence-electron chi connectivity index (χ3n) is 3.44. The maximum atomic E-state index is 13.0. The highest BCUT2D eigenvalue weighted by Gasteiger charge is 2.44. The fourth-order valence-corrected chi connectivity index (χ4v) is 2.71. The summed E-state index contributed by atoms with van der Waals surface area (Å²) in [6, 6.07) is 9.13. The summed E-state index contributed by atoms with van der Waals surface area (Å²) in [5.41, 5.74) is 0.432. The number of Topliss-reactive ketones (excluding diaryl/α,β-unsaturated/α-hetero) is 1. The van der Waals surface area contributed by atoms with Crippen molar-refractivity contribution < 1.29 is 27.4 Å². The molecular formula is C17H15BrF3NO3. The Bertz CT molecular complexity index is 751. The van der Waals surface area contributed by atoms with Crippen molar-refractivity contribution >= 4 is 27.4 Å². The molecule has 2 aromatic rings. The number of hydrogen-bond donors (Lipinski definition) is 1. The molecule has 1 atom stereocenters. The number of anilines is 1. The highest BCUT2D eigenvalue weighted by molar-refractivity contribution is 9.10. The van der Waals surface area contributed by atoms with E-state index < -0.39 is 18.0 Å². The summed E-state index contributed by atoms with van der Waals surface area (Å²) in [5, 5.41) is 2.64. The van der Waals surface area contributed by atoms with E-state index in [0.717, 1.165) is 0 Å². The first-order valence-electron chi connectivity index (χ1n) is 7.12. The number of methoxy groups -OCH3 is 2. The maximum Gasteiger partial charge on any atom is 0.452 e. The minimum Gasteiger partial charge on any atom is -0.497 e. The van der Waals surface area contributed by atoms with Crippen LogP contribution in [0, 0.1) is 0 Å². The minimum absolute atomic E-state index is 0.193. The quantitative estimate of drug-likeness (QED) is 0.736. The highest BCUT2D eigenvalue weighted by atomic mass is 79.9. The van der Waals surface area contributed by atoms with Crippen LogP contribution in [-0.4, -0.2) is 26.2 Å². The Hall–Kier alpha value is -2.22. The molecule has 4 nitrogen and oxygen atoms in total. The lowest BCUT2D eigenvalue weighted by molar-refractivity contribution is -0.172. The number of ether oxygens (including phenoxy) is 2. The molecule has 0 saturated carbocycles. The lowest BCUT2D eigenvalue weighted by Crippen LogP contribution is -2.33. The van der Waals surface area contributed by atoms with Gasteiger partial charge in [0, 0.05) is 12.1 Å². The molecule has 0 aliphatic heterocycles. The Kier molecular flexibility index (Phi) is 5.94. The van der Waals surface area contributed by atoms with Gasteiger partial charge in [0.05, 0.1) is 24.4 Å². The predicted octanol–water partition coefficient (Wildman–Crippen LogP) is 4.75. The Balaban J connectivity index is 2.49. The van der Waals surface area contributed by atoms with Gasteiger partial charge in [-0.05, 0) is 21.5 Å². The molecule has 0 spiro atoms. The highest BCUT2D eigenvalue weighted by Crippen LogP contribution is 2.39. The van der Waals surface area contributed by atoms with Crippen LogP contribution in [0.3, 0.4) is 0 Å². The second-order valence-corrected chi connectivity index (χ2v) is 5.83. The maximum absolute atomic E-state index is 13.0. The van der Waals surface area contributed by atoms with Gasteiger partial charge in [0.2, 0.25) is 0 Å². The van der Waals surface area contributed by atoms with E-state index >= 15 is 0 Å². The first kappa shape index (κ1) is 19.1. The van der Waals surface area contributed by atoms with E-state index in [1.54, 1.807) is 24.3 Å². The van der Waals surface area contributed by atoms with Gasteiger partial charge in [-0.2, -0.15) is 13.2 Å². The number of benzene rings is 2. The number of carbonyl (C=O) groups excluding carboxylic acids is 1. The van der Waals surface area contributed by atoms with E-state index in [2.05, 4.69) is 21.2 Å². The van der Waals surface area contributed by atoms with E-state index in [9.17, 15) is 18.0 Å².